The maximum Gasteiger partial charge on any atom is 0.135 e. The summed E-state index contributed by atoms with van der Waals surface area (Å²) in [7, 11) is 1.98. The van der Waals surface area contributed by atoms with Gasteiger partial charge in [0.1, 0.15) is 11.3 Å². The predicted octanol–water partition coefficient (Wildman–Crippen LogP) is 4.69. The topological polar surface area (TPSA) is 25.2 Å². The van der Waals surface area contributed by atoms with Crippen LogP contribution >= 0.6 is 0 Å². The van der Waals surface area contributed by atoms with E-state index in [0.29, 0.717) is 6.04 Å². The van der Waals surface area contributed by atoms with Gasteiger partial charge in [-0.2, -0.15) is 0 Å². The quantitative estimate of drug-likeness (QED) is 0.743. The summed E-state index contributed by atoms with van der Waals surface area (Å²) in [5, 5.41) is 4.45. The van der Waals surface area contributed by atoms with E-state index in [4.69, 9.17) is 4.42 Å². The minimum absolute atomic E-state index is 0.293. The van der Waals surface area contributed by atoms with Gasteiger partial charge < -0.3 is 9.73 Å². The summed E-state index contributed by atoms with van der Waals surface area (Å²) in [5.41, 5.74) is 4.60. The van der Waals surface area contributed by atoms with Crippen molar-refractivity contribution in [3.05, 3.63) is 59.7 Å². The Morgan fingerprint density at radius 2 is 1.85 bits per heavy atom. The molecule has 1 unspecified atom stereocenters. The summed E-state index contributed by atoms with van der Waals surface area (Å²) in [5.74, 6) is 0.934. The molecule has 1 N–H and O–H groups in total. The number of fused-ring (bicyclic) bond motifs is 1. The van der Waals surface area contributed by atoms with Crippen molar-refractivity contribution in [3.63, 3.8) is 0 Å². The lowest BCUT2D eigenvalue weighted by Crippen LogP contribution is -2.13. The molecule has 0 bridgehead atoms. The fourth-order valence-electron chi connectivity index (χ4n) is 2.55. The van der Waals surface area contributed by atoms with Gasteiger partial charge in [-0.05, 0) is 44.7 Å². The van der Waals surface area contributed by atoms with Crippen molar-refractivity contribution in [2.75, 3.05) is 7.05 Å². The molecular formula is C18H19NO. The number of hydrogen-bond acceptors (Lipinski definition) is 2. The van der Waals surface area contributed by atoms with Crippen LogP contribution < -0.4 is 5.32 Å². The molecule has 0 amide bonds. The Labute approximate surface area is 119 Å². The highest BCUT2D eigenvalue weighted by molar-refractivity contribution is 5.84. The minimum Gasteiger partial charge on any atom is -0.456 e. The average molecular weight is 265 g/mol. The van der Waals surface area contributed by atoms with Crippen molar-refractivity contribution in [2.45, 2.75) is 19.9 Å². The van der Waals surface area contributed by atoms with Gasteiger partial charge in [-0.1, -0.05) is 35.9 Å². The zero-order chi connectivity index (χ0) is 14.1. The van der Waals surface area contributed by atoms with E-state index in [-0.39, 0.29) is 0 Å². The number of benzene rings is 2. The number of aryl methyl sites for hydroxylation is 1. The Balaban J connectivity index is 2.15. The van der Waals surface area contributed by atoms with Crippen molar-refractivity contribution >= 4 is 11.0 Å². The first kappa shape index (κ1) is 12.9. The second-order valence-corrected chi connectivity index (χ2v) is 5.25. The molecule has 2 nitrogen and oxygen atoms in total. The molecule has 2 aromatic carbocycles. The lowest BCUT2D eigenvalue weighted by Gasteiger charge is -2.14. The van der Waals surface area contributed by atoms with Crippen LogP contribution in [-0.2, 0) is 0 Å². The lowest BCUT2D eigenvalue weighted by molar-refractivity contribution is 0.620. The second kappa shape index (κ2) is 5.14. The van der Waals surface area contributed by atoms with Gasteiger partial charge in [-0.3, -0.25) is 0 Å². The zero-order valence-electron chi connectivity index (χ0n) is 12.1. The third kappa shape index (κ3) is 2.23. The van der Waals surface area contributed by atoms with Crippen LogP contribution in [-0.4, -0.2) is 7.05 Å². The van der Waals surface area contributed by atoms with Crippen LogP contribution in [0.4, 0.5) is 0 Å². The maximum atomic E-state index is 6.02. The molecule has 20 heavy (non-hydrogen) atoms. The van der Waals surface area contributed by atoms with Crippen LogP contribution in [0.2, 0.25) is 0 Å². The van der Waals surface area contributed by atoms with Crippen molar-refractivity contribution in [1.82, 2.24) is 5.32 Å². The fourth-order valence-corrected chi connectivity index (χ4v) is 2.55. The molecule has 3 rings (SSSR count). The van der Waals surface area contributed by atoms with E-state index in [1.54, 1.807) is 0 Å². The summed E-state index contributed by atoms with van der Waals surface area (Å²) < 4.78 is 6.02. The number of furan rings is 1. The highest BCUT2D eigenvalue weighted by Gasteiger charge is 2.13. The Hall–Kier alpha value is -2.06. The standard InChI is InChI=1S/C18H19NO/c1-12-8-9-17-14(10-12)11-18(20-17)16-7-5-4-6-15(16)13(2)19-3/h4-11,13,19H,1-3H3. The number of hydrogen-bond donors (Lipinski definition) is 1. The van der Waals surface area contributed by atoms with Gasteiger partial charge in [0, 0.05) is 17.0 Å². The fraction of sp³-hybridized carbons (Fsp3) is 0.222. The van der Waals surface area contributed by atoms with Crippen molar-refractivity contribution in [1.29, 1.82) is 0 Å². The molecule has 0 spiro atoms. The molecule has 0 saturated heterocycles. The summed E-state index contributed by atoms with van der Waals surface area (Å²) in [6, 6.07) is 17.1. The van der Waals surface area contributed by atoms with E-state index < -0.39 is 0 Å². The Kier molecular flexibility index (Phi) is 3.33. The van der Waals surface area contributed by atoms with Gasteiger partial charge in [0.25, 0.3) is 0 Å². The van der Waals surface area contributed by atoms with Gasteiger partial charge in [0.15, 0.2) is 0 Å². The third-order valence-corrected chi connectivity index (χ3v) is 3.80. The van der Waals surface area contributed by atoms with Gasteiger partial charge in [0.2, 0.25) is 0 Å². The highest BCUT2D eigenvalue weighted by Crippen LogP contribution is 2.32. The third-order valence-electron chi connectivity index (χ3n) is 3.80. The van der Waals surface area contributed by atoms with Crippen LogP contribution in [0, 0.1) is 6.92 Å². The summed E-state index contributed by atoms with van der Waals surface area (Å²) >= 11 is 0. The van der Waals surface area contributed by atoms with Crippen LogP contribution in [0.3, 0.4) is 0 Å². The van der Waals surface area contributed by atoms with E-state index >= 15 is 0 Å². The van der Waals surface area contributed by atoms with Gasteiger partial charge in [-0.25, -0.2) is 0 Å². The largest absolute Gasteiger partial charge is 0.456 e. The first-order valence-electron chi connectivity index (χ1n) is 6.96. The van der Waals surface area contributed by atoms with Gasteiger partial charge >= 0.3 is 0 Å². The Bertz CT molecular complexity index is 742. The molecule has 2 heteroatoms. The summed E-state index contributed by atoms with van der Waals surface area (Å²) in [6.07, 6.45) is 0. The maximum absolute atomic E-state index is 6.02. The summed E-state index contributed by atoms with van der Waals surface area (Å²) in [6.45, 7) is 4.26. The van der Waals surface area contributed by atoms with E-state index in [1.807, 2.05) is 13.1 Å². The smallest absolute Gasteiger partial charge is 0.135 e. The number of nitrogens with one attached hydrogen (secondary N) is 1. The van der Waals surface area contributed by atoms with E-state index in [1.165, 1.54) is 11.1 Å². The molecule has 0 radical (unpaired) electrons. The van der Waals surface area contributed by atoms with Crippen molar-refractivity contribution in [2.24, 2.45) is 0 Å². The normalized spacial score (nSPS) is 12.8. The van der Waals surface area contributed by atoms with Crippen molar-refractivity contribution < 1.29 is 4.42 Å². The molecule has 1 atom stereocenters. The molecule has 1 heterocycles. The first-order valence-corrected chi connectivity index (χ1v) is 6.96. The van der Waals surface area contributed by atoms with Gasteiger partial charge in [0.05, 0.1) is 0 Å². The van der Waals surface area contributed by atoms with Crippen molar-refractivity contribution in [3.8, 4) is 11.3 Å². The predicted molar refractivity (Wildman–Crippen MR) is 83.9 cm³/mol. The molecule has 3 aromatic rings. The monoisotopic (exact) mass is 265 g/mol. The molecule has 0 aliphatic carbocycles. The Morgan fingerprint density at radius 1 is 1.05 bits per heavy atom. The number of rotatable bonds is 3. The molecule has 0 saturated carbocycles. The van der Waals surface area contributed by atoms with Crippen LogP contribution in [0.15, 0.2) is 52.9 Å². The zero-order valence-corrected chi connectivity index (χ0v) is 12.1. The molecule has 1 aromatic heterocycles. The minimum atomic E-state index is 0.293. The second-order valence-electron chi connectivity index (χ2n) is 5.25. The van der Waals surface area contributed by atoms with Crippen LogP contribution in [0.5, 0.6) is 0 Å². The molecule has 102 valence electrons. The molecule has 0 fully saturated rings. The average Bonchev–Trinajstić information content (AvgIpc) is 2.89. The molecule has 0 aliphatic rings. The first-order chi connectivity index (χ1) is 9.69. The van der Waals surface area contributed by atoms with Crippen LogP contribution in [0.1, 0.15) is 24.1 Å². The Morgan fingerprint density at radius 3 is 2.65 bits per heavy atom. The van der Waals surface area contributed by atoms with E-state index in [2.05, 4.69) is 61.6 Å². The SMILES string of the molecule is CNC(C)c1ccccc1-c1cc2cc(C)ccc2o1. The summed E-state index contributed by atoms with van der Waals surface area (Å²) in [4.78, 5) is 0. The van der Waals surface area contributed by atoms with Gasteiger partial charge in [-0.15, -0.1) is 0 Å². The lowest BCUT2D eigenvalue weighted by atomic mass is 9.99. The van der Waals surface area contributed by atoms with Crippen LogP contribution in [0.25, 0.3) is 22.3 Å². The molecular weight excluding hydrogens is 246 g/mol. The van der Waals surface area contributed by atoms with E-state index in [0.717, 1.165) is 22.3 Å². The van der Waals surface area contributed by atoms with E-state index in [9.17, 15) is 0 Å². The highest BCUT2D eigenvalue weighted by atomic mass is 16.3. The molecule has 0 aliphatic heterocycles.